The predicted octanol–water partition coefficient (Wildman–Crippen LogP) is 15.5. The Hall–Kier alpha value is -7.76. The highest BCUT2D eigenvalue weighted by molar-refractivity contribution is 7.00. The zero-order valence-corrected chi connectivity index (χ0v) is 38.7. The van der Waals surface area contributed by atoms with Crippen LogP contribution in [0, 0.1) is 0 Å². The summed E-state index contributed by atoms with van der Waals surface area (Å²) in [7, 11) is 0. The van der Waals surface area contributed by atoms with Crippen molar-refractivity contribution in [2.24, 2.45) is 0 Å². The molecule has 2 aliphatic heterocycles. The average Bonchev–Trinajstić information content (AvgIpc) is 3.92. The van der Waals surface area contributed by atoms with Crippen LogP contribution in [-0.4, -0.2) is 6.71 Å². The minimum absolute atomic E-state index is 0.0169. The summed E-state index contributed by atoms with van der Waals surface area (Å²) in [5, 5.41) is 4.55. The van der Waals surface area contributed by atoms with Gasteiger partial charge in [-0.05, 0) is 110 Å². The van der Waals surface area contributed by atoms with E-state index in [9.17, 15) is 0 Å². The Kier molecular flexibility index (Phi) is 8.49. The topological polar surface area (TPSA) is 32.8 Å². The van der Waals surface area contributed by atoms with Crippen molar-refractivity contribution in [3.63, 3.8) is 0 Å². The van der Waals surface area contributed by atoms with Crippen LogP contribution in [0.1, 0.15) is 52.7 Å². The van der Waals surface area contributed by atoms with Crippen LogP contribution >= 0.6 is 0 Å². The van der Waals surface area contributed by atoms with Crippen molar-refractivity contribution in [1.29, 1.82) is 0 Å². The van der Waals surface area contributed by atoms with Crippen molar-refractivity contribution in [2.75, 3.05) is 9.80 Å². The molecule has 0 radical (unpaired) electrons. The molecule has 13 rings (SSSR count). The van der Waals surface area contributed by atoms with Gasteiger partial charge in [0.05, 0.1) is 0 Å². The van der Waals surface area contributed by atoms with Gasteiger partial charge in [0.1, 0.15) is 22.3 Å². The van der Waals surface area contributed by atoms with E-state index in [4.69, 9.17) is 8.83 Å². The molecule has 0 atom stereocenters. The number of fused-ring (bicyclic) bond motifs is 10. The minimum Gasteiger partial charge on any atom is -0.455 e. The van der Waals surface area contributed by atoms with Gasteiger partial charge in [0.15, 0.2) is 0 Å². The van der Waals surface area contributed by atoms with Crippen LogP contribution in [0.15, 0.2) is 197 Å². The highest BCUT2D eigenvalue weighted by atomic mass is 16.3. The lowest BCUT2D eigenvalue weighted by molar-refractivity contribution is 0.590. The number of hydrogen-bond acceptors (Lipinski definition) is 4. The number of rotatable bonds is 4. The van der Waals surface area contributed by atoms with Gasteiger partial charge in [-0.15, -0.1) is 0 Å². The molecule has 0 unspecified atom stereocenters. The Morgan fingerprint density at radius 3 is 1.21 bits per heavy atom. The average molecular weight is 865 g/mol. The first-order valence-electron chi connectivity index (χ1n) is 23.5. The third-order valence-electron chi connectivity index (χ3n) is 14.4. The van der Waals surface area contributed by atoms with Gasteiger partial charge in [0.25, 0.3) is 6.71 Å². The standard InChI is InChI=1S/C62H49BN2O2/c1-61(2,3)40-28-34-52-50(36-40)63-51-37-41(62(4,5)6)29-35-53(51)65(43-32-26-39(27-33-43)45-17-12-19-49-47-15-8-10-23-57(47)67-60(45)49)55-21-13-20-54(58(55)63)64(52)42-30-24-38(25-31-42)44-16-11-18-48-46-14-7-9-22-56(46)66-59(44)48/h7-37H,1-6H3. The van der Waals surface area contributed by atoms with Crippen molar-refractivity contribution in [3.05, 3.63) is 199 Å². The number of nitrogens with zero attached hydrogens (tertiary/aromatic N) is 2. The number of furan rings is 2. The summed E-state index contributed by atoms with van der Waals surface area (Å²) in [5.74, 6) is 0. The third-order valence-corrected chi connectivity index (χ3v) is 14.4. The van der Waals surface area contributed by atoms with Crippen LogP contribution in [0.4, 0.5) is 34.1 Å². The van der Waals surface area contributed by atoms with Gasteiger partial charge in [-0.25, -0.2) is 0 Å². The monoisotopic (exact) mass is 864 g/mol. The van der Waals surface area contributed by atoms with Crippen LogP contribution in [0.25, 0.3) is 66.1 Å². The van der Waals surface area contributed by atoms with Crippen molar-refractivity contribution >= 4 is 101 Å². The maximum absolute atomic E-state index is 6.50. The normalized spacial score (nSPS) is 13.4. The number of anilines is 6. The molecule has 11 aromatic rings. The first-order chi connectivity index (χ1) is 32.5. The maximum Gasteiger partial charge on any atom is 0.252 e. The molecule has 0 amide bonds. The van der Waals surface area contributed by atoms with E-state index in [-0.39, 0.29) is 17.5 Å². The molecule has 0 aliphatic carbocycles. The molecule has 0 saturated heterocycles. The van der Waals surface area contributed by atoms with E-state index in [2.05, 4.69) is 227 Å². The predicted molar refractivity (Wildman–Crippen MR) is 283 cm³/mol. The smallest absolute Gasteiger partial charge is 0.252 e. The van der Waals surface area contributed by atoms with Crippen LogP contribution in [0.2, 0.25) is 0 Å². The van der Waals surface area contributed by atoms with Gasteiger partial charge < -0.3 is 18.6 Å². The zero-order valence-electron chi connectivity index (χ0n) is 38.7. The first kappa shape index (κ1) is 39.6. The van der Waals surface area contributed by atoms with Gasteiger partial charge in [-0.2, -0.15) is 0 Å². The van der Waals surface area contributed by atoms with Crippen molar-refractivity contribution in [1.82, 2.24) is 0 Å². The molecule has 0 bridgehead atoms. The summed E-state index contributed by atoms with van der Waals surface area (Å²) >= 11 is 0. The molecule has 4 nitrogen and oxygen atoms in total. The molecule has 5 heteroatoms. The second-order valence-electron chi connectivity index (χ2n) is 20.5. The summed E-state index contributed by atoms with van der Waals surface area (Å²) in [6.07, 6.45) is 0. The lowest BCUT2D eigenvalue weighted by atomic mass is 9.33. The Morgan fingerprint density at radius 1 is 0.373 bits per heavy atom. The van der Waals surface area contributed by atoms with E-state index in [1.54, 1.807) is 0 Å². The minimum atomic E-state index is -0.0375. The molecule has 2 aliphatic rings. The molecule has 0 fully saturated rings. The van der Waals surface area contributed by atoms with Crippen molar-refractivity contribution < 1.29 is 8.83 Å². The molecule has 0 saturated carbocycles. The largest absolute Gasteiger partial charge is 0.455 e. The van der Waals surface area contributed by atoms with Crippen LogP contribution in [0.5, 0.6) is 0 Å². The first-order valence-corrected chi connectivity index (χ1v) is 23.5. The van der Waals surface area contributed by atoms with Gasteiger partial charge in [0, 0.05) is 66.8 Å². The van der Waals surface area contributed by atoms with E-state index < -0.39 is 0 Å². The van der Waals surface area contributed by atoms with E-state index in [0.717, 1.165) is 77.5 Å². The lowest BCUT2D eigenvalue weighted by Crippen LogP contribution is -2.61. The summed E-state index contributed by atoms with van der Waals surface area (Å²) in [5.41, 5.74) is 21.6. The quantitative estimate of drug-likeness (QED) is 0.165. The third kappa shape index (κ3) is 6.07. The van der Waals surface area contributed by atoms with Crippen LogP contribution < -0.4 is 26.2 Å². The highest BCUT2D eigenvalue weighted by Crippen LogP contribution is 2.46. The summed E-state index contributed by atoms with van der Waals surface area (Å²) in [6, 6.07) is 69.0. The Balaban J connectivity index is 0.991. The molecule has 4 heterocycles. The second kappa shape index (κ2) is 14.4. The van der Waals surface area contributed by atoms with Crippen LogP contribution in [-0.2, 0) is 10.8 Å². The summed E-state index contributed by atoms with van der Waals surface area (Å²) in [4.78, 5) is 4.99. The molecule has 322 valence electrons. The number of benzene rings is 9. The van der Waals surface area contributed by atoms with E-state index in [1.807, 2.05) is 12.1 Å². The molecule has 67 heavy (non-hydrogen) atoms. The van der Waals surface area contributed by atoms with Crippen molar-refractivity contribution in [2.45, 2.75) is 52.4 Å². The van der Waals surface area contributed by atoms with Gasteiger partial charge in [-0.3, -0.25) is 0 Å². The number of hydrogen-bond donors (Lipinski definition) is 0. The number of para-hydroxylation sites is 4. The van der Waals surface area contributed by atoms with Crippen molar-refractivity contribution in [3.8, 4) is 22.3 Å². The van der Waals surface area contributed by atoms with Gasteiger partial charge >= 0.3 is 0 Å². The maximum atomic E-state index is 6.50. The summed E-state index contributed by atoms with van der Waals surface area (Å²) < 4.78 is 13.0. The molecular formula is C62H49BN2O2. The van der Waals surface area contributed by atoms with Crippen LogP contribution in [0.3, 0.4) is 0 Å². The lowest BCUT2D eigenvalue weighted by Gasteiger charge is -2.44. The Morgan fingerprint density at radius 2 is 0.776 bits per heavy atom. The fourth-order valence-corrected chi connectivity index (χ4v) is 11.0. The van der Waals surface area contributed by atoms with Gasteiger partial charge in [0.2, 0.25) is 0 Å². The van der Waals surface area contributed by atoms with Gasteiger partial charge in [-0.1, -0.05) is 169 Å². The summed E-state index contributed by atoms with van der Waals surface area (Å²) in [6.45, 7) is 13.9. The Bertz CT molecular complexity index is 3540. The van der Waals surface area contributed by atoms with E-state index in [1.165, 1.54) is 50.3 Å². The molecule has 0 spiro atoms. The molecule has 2 aromatic heterocycles. The molecular weight excluding hydrogens is 816 g/mol. The second-order valence-corrected chi connectivity index (χ2v) is 20.5. The molecule has 0 N–H and O–H groups in total. The SMILES string of the molecule is CC(C)(C)c1ccc2c(c1)B1c3cc(C(C)(C)C)ccc3N(c3ccc(-c4cccc5c4oc4ccccc45)cc3)c3cccc(c31)N2c1ccc(-c2cccc3c2oc2ccccc23)cc1. The fourth-order valence-electron chi connectivity index (χ4n) is 11.0. The van der Waals surface area contributed by atoms with E-state index in [0.29, 0.717) is 0 Å². The van der Waals surface area contributed by atoms with E-state index >= 15 is 0 Å². The highest BCUT2D eigenvalue weighted by Gasteiger charge is 2.44. The zero-order chi connectivity index (χ0) is 45.3. The fraction of sp³-hybridized carbons (Fsp3) is 0.129. The Labute approximate surface area is 391 Å². The molecule has 9 aromatic carbocycles.